The molecule has 1 aromatic rings. The maximum Gasteiger partial charge on any atom is 0.0913 e. The zero-order valence-corrected chi connectivity index (χ0v) is 19.3. The number of thioether (sulfide) groups is 2. The molecule has 2 heterocycles. The third-order valence-electron chi connectivity index (χ3n) is 8.25. The Labute approximate surface area is 188 Å². The van der Waals surface area contributed by atoms with Crippen LogP contribution < -0.4 is 0 Å². The number of fused-ring (bicyclic) bond motifs is 7. The molecule has 0 unspecified atom stereocenters. The molecule has 0 radical (unpaired) electrons. The lowest BCUT2D eigenvalue weighted by atomic mass is 9.70. The summed E-state index contributed by atoms with van der Waals surface area (Å²) in [7, 11) is 1.96. The van der Waals surface area contributed by atoms with Crippen molar-refractivity contribution in [1.29, 1.82) is 0 Å². The van der Waals surface area contributed by atoms with Crippen LogP contribution in [-0.2, 0) is 28.7 Å². The molecule has 1 fully saturated rings. The molecule has 154 valence electrons. The first-order valence-corrected chi connectivity index (χ1v) is 13.3. The van der Waals surface area contributed by atoms with Crippen molar-refractivity contribution in [3.8, 4) is 0 Å². The lowest BCUT2D eigenvalue weighted by molar-refractivity contribution is 0.0831. The van der Waals surface area contributed by atoms with Gasteiger partial charge in [-0.05, 0) is 84.8 Å². The summed E-state index contributed by atoms with van der Waals surface area (Å²) < 4.78 is 6.57. The Morgan fingerprint density at radius 2 is 1.60 bits per heavy atom. The van der Waals surface area contributed by atoms with Crippen LogP contribution >= 0.6 is 23.5 Å². The molecule has 0 amide bonds. The van der Waals surface area contributed by atoms with Gasteiger partial charge in [0.2, 0.25) is 0 Å². The monoisotopic (exact) mass is 432 g/mol. The number of aryl methyl sites for hydroxylation is 1. The fourth-order valence-electron chi connectivity index (χ4n) is 7.04. The number of ether oxygens (including phenoxy) is 1. The lowest BCUT2D eigenvalue weighted by Crippen LogP contribution is -2.39. The molecular weight excluding hydrogens is 404 g/mol. The third-order valence-corrected chi connectivity index (χ3v) is 11.5. The first-order chi connectivity index (χ1) is 14.8. The van der Waals surface area contributed by atoms with Gasteiger partial charge in [-0.2, -0.15) is 0 Å². The largest absolute Gasteiger partial charge is 0.379 e. The third kappa shape index (κ3) is 2.12. The Morgan fingerprint density at radius 3 is 2.33 bits per heavy atom. The molecule has 0 N–H and O–H groups in total. The van der Waals surface area contributed by atoms with Crippen molar-refractivity contribution < 1.29 is 4.74 Å². The van der Waals surface area contributed by atoms with Gasteiger partial charge in [-0.3, -0.25) is 0 Å². The van der Waals surface area contributed by atoms with E-state index in [2.05, 4.69) is 48.2 Å². The van der Waals surface area contributed by atoms with Crippen molar-refractivity contribution >= 4 is 23.5 Å². The molecule has 3 heteroatoms. The summed E-state index contributed by atoms with van der Waals surface area (Å²) in [5.74, 6) is 0. The van der Waals surface area contributed by atoms with Gasteiger partial charge in [0.15, 0.2) is 0 Å². The van der Waals surface area contributed by atoms with Gasteiger partial charge in [-0.1, -0.05) is 48.2 Å². The maximum atomic E-state index is 6.34. The molecule has 0 aromatic heterocycles. The fraction of sp³-hybridized carbons (Fsp3) is 0.481. The average Bonchev–Trinajstić information content (AvgIpc) is 3.35. The molecular formula is C27H28OS2. The highest BCUT2D eigenvalue weighted by atomic mass is 32.2. The number of methoxy groups -OCH3 is 1. The molecule has 1 nitrogen and oxygen atoms in total. The standard InChI is InChI=1S/C27H28OS2/c1-28-24-16-18-15-14-17-8-2-3-9-19(17)25(18)27(24)26(30-27)20-10-4-6-12-22(20)29-23-13-7-5-11-21(23)26/h6-7,12-15,24H,2-5,8-11,16H2,1H3/t24-,27-/m0/s1. The van der Waals surface area contributed by atoms with E-state index in [1.165, 1.54) is 61.2 Å². The van der Waals surface area contributed by atoms with E-state index in [1.807, 2.05) is 18.9 Å². The molecule has 0 saturated carbocycles. The highest BCUT2D eigenvalue weighted by molar-refractivity contribution is 8.10. The van der Waals surface area contributed by atoms with Crippen LogP contribution in [0.2, 0.25) is 0 Å². The van der Waals surface area contributed by atoms with E-state index in [-0.39, 0.29) is 15.6 Å². The van der Waals surface area contributed by atoms with E-state index < -0.39 is 0 Å². The topological polar surface area (TPSA) is 9.23 Å². The van der Waals surface area contributed by atoms with Gasteiger partial charge in [0, 0.05) is 23.3 Å². The molecule has 4 aliphatic carbocycles. The fourth-order valence-corrected chi connectivity index (χ4v) is 10.7. The van der Waals surface area contributed by atoms with Crippen molar-refractivity contribution in [1.82, 2.24) is 0 Å². The summed E-state index contributed by atoms with van der Waals surface area (Å²) in [5, 5.41) is 0. The van der Waals surface area contributed by atoms with E-state index in [4.69, 9.17) is 4.74 Å². The SMILES string of the molecule is CO[C@H]1Cc2ccc3c(c2[C@@]12SC21C2=C(C=CCC2)SC2=C1CCC=C2)CCCC3. The summed E-state index contributed by atoms with van der Waals surface area (Å²) in [6.45, 7) is 0. The quantitative estimate of drug-likeness (QED) is 0.453. The van der Waals surface area contributed by atoms with E-state index in [0.717, 1.165) is 6.42 Å². The Balaban J connectivity index is 1.51. The van der Waals surface area contributed by atoms with Crippen molar-refractivity contribution in [3.05, 3.63) is 79.6 Å². The molecule has 1 saturated heterocycles. The van der Waals surface area contributed by atoms with Crippen LogP contribution in [-0.4, -0.2) is 18.0 Å². The molecule has 1 aromatic carbocycles. The smallest absolute Gasteiger partial charge is 0.0913 e. The highest BCUT2D eigenvalue weighted by Gasteiger charge is 2.79. The zero-order chi connectivity index (χ0) is 19.9. The van der Waals surface area contributed by atoms with Gasteiger partial charge in [-0.25, -0.2) is 0 Å². The van der Waals surface area contributed by atoms with Crippen LogP contribution in [0, 0.1) is 0 Å². The minimum Gasteiger partial charge on any atom is -0.379 e. The molecule has 2 spiro atoms. The van der Waals surface area contributed by atoms with E-state index in [9.17, 15) is 0 Å². The van der Waals surface area contributed by atoms with Crippen molar-refractivity contribution in [2.24, 2.45) is 0 Å². The minimum atomic E-state index is 0.0955. The first-order valence-electron chi connectivity index (χ1n) is 11.6. The van der Waals surface area contributed by atoms with Crippen molar-refractivity contribution in [2.75, 3.05) is 7.11 Å². The van der Waals surface area contributed by atoms with Crippen LogP contribution in [0.3, 0.4) is 0 Å². The lowest BCUT2D eigenvalue weighted by Gasteiger charge is -2.38. The van der Waals surface area contributed by atoms with E-state index in [0.29, 0.717) is 0 Å². The summed E-state index contributed by atoms with van der Waals surface area (Å²) >= 11 is 4.30. The molecule has 6 aliphatic rings. The Hall–Kier alpha value is -1.16. The van der Waals surface area contributed by atoms with Crippen molar-refractivity contribution in [2.45, 2.75) is 73.4 Å². The normalized spacial score (nSPS) is 32.4. The van der Waals surface area contributed by atoms with Gasteiger partial charge in [-0.15, -0.1) is 11.8 Å². The average molecular weight is 433 g/mol. The van der Waals surface area contributed by atoms with Gasteiger partial charge >= 0.3 is 0 Å². The predicted molar refractivity (Wildman–Crippen MR) is 128 cm³/mol. The first kappa shape index (κ1) is 18.4. The highest BCUT2D eigenvalue weighted by Crippen LogP contribution is 2.84. The van der Waals surface area contributed by atoms with Crippen LogP contribution in [0.1, 0.15) is 60.8 Å². The Kier molecular flexibility index (Phi) is 3.95. The zero-order valence-electron chi connectivity index (χ0n) is 17.6. The van der Waals surface area contributed by atoms with Gasteiger partial charge in [0.1, 0.15) is 0 Å². The van der Waals surface area contributed by atoms with E-state index >= 15 is 0 Å². The van der Waals surface area contributed by atoms with Gasteiger partial charge in [0.05, 0.1) is 15.6 Å². The van der Waals surface area contributed by atoms with Gasteiger partial charge < -0.3 is 4.74 Å². The minimum absolute atomic E-state index is 0.0955. The number of rotatable bonds is 1. The summed E-state index contributed by atoms with van der Waals surface area (Å²) in [6.07, 6.45) is 21.0. The van der Waals surface area contributed by atoms with Gasteiger partial charge in [0.25, 0.3) is 0 Å². The second kappa shape index (κ2) is 6.43. The Morgan fingerprint density at radius 1 is 0.900 bits per heavy atom. The molecule has 2 aliphatic heterocycles. The number of hydrogen-bond donors (Lipinski definition) is 0. The number of benzene rings is 1. The predicted octanol–water partition coefficient (Wildman–Crippen LogP) is 6.77. The van der Waals surface area contributed by atoms with Crippen LogP contribution in [0.5, 0.6) is 0 Å². The molecule has 0 bridgehead atoms. The van der Waals surface area contributed by atoms with Crippen molar-refractivity contribution in [3.63, 3.8) is 0 Å². The molecule has 30 heavy (non-hydrogen) atoms. The molecule has 7 rings (SSSR count). The Bertz CT molecular complexity index is 1050. The maximum absolute atomic E-state index is 6.34. The summed E-state index contributed by atoms with van der Waals surface area (Å²) in [6, 6.07) is 4.90. The molecule has 2 atom stereocenters. The van der Waals surface area contributed by atoms with Crippen LogP contribution in [0.4, 0.5) is 0 Å². The number of hydrogen-bond acceptors (Lipinski definition) is 3. The van der Waals surface area contributed by atoms with Crippen LogP contribution in [0.25, 0.3) is 0 Å². The summed E-state index contributed by atoms with van der Waals surface area (Å²) in [5.41, 5.74) is 10.0. The van der Waals surface area contributed by atoms with Crippen LogP contribution in [0.15, 0.2) is 57.4 Å². The number of allylic oxidation sites excluding steroid dienone is 4. The second-order valence-electron chi connectivity index (χ2n) is 9.56. The summed E-state index contributed by atoms with van der Waals surface area (Å²) in [4.78, 5) is 3.06. The van der Waals surface area contributed by atoms with E-state index in [1.54, 1.807) is 33.4 Å². The second-order valence-corrected chi connectivity index (χ2v) is 12.1.